The molecule has 0 aliphatic carbocycles. The van der Waals surface area contributed by atoms with Gasteiger partial charge in [0.2, 0.25) is 5.91 Å². The molecule has 0 saturated carbocycles. The van der Waals surface area contributed by atoms with E-state index in [0.29, 0.717) is 19.6 Å². The van der Waals surface area contributed by atoms with Gasteiger partial charge in [0.1, 0.15) is 0 Å². The standard InChI is InChI=1S/C12H18N2O3S/c1-13(4-9-2-3-18-8-9)12(17)7-14-5-10(15)11(16)6-14/h2-3,8,10-11,15-16H,4-7H2,1H3. The van der Waals surface area contributed by atoms with Gasteiger partial charge in [0, 0.05) is 26.7 Å². The third-order valence-corrected chi connectivity index (χ3v) is 3.85. The molecule has 1 aromatic rings. The van der Waals surface area contributed by atoms with Crippen molar-refractivity contribution in [3.05, 3.63) is 22.4 Å². The summed E-state index contributed by atoms with van der Waals surface area (Å²) < 4.78 is 0. The van der Waals surface area contributed by atoms with Crippen LogP contribution in [-0.4, -0.2) is 64.8 Å². The van der Waals surface area contributed by atoms with Crippen LogP contribution >= 0.6 is 11.3 Å². The lowest BCUT2D eigenvalue weighted by atomic mass is 10.3. The van der Waals surface area contributed by atoms with E-state index in [9.17, 15) is 15.0 Å². The number of rotatable bonds is 4. The van der Waals surface area contributed by atoms with Crippen LogP contribution in [0, 0.1) is 0 Å². The van der Waals surface area contributed by atoms with Crippen molar-refractivity contribution in [2.75, 3.05) is 26.7 Å². The number of β-amino-alcohol motifs (C(OH)–C–C–N with tert-alkyl or cyclic N) is 2. The topological polar surface area (TPSA) is 64.0 Å². The van der Waals surface area contributed by atoms with E-state index in [0.717, 1.165) is 5.56 Å². The molecule has 100 valence electrons. The number of aliphatic hydroxyl groups excluding tert-OH is 2. The van der Waals surface area contributed by atoms with Crippen LogP contribution < -0.4 is 0 Å². The van der Waals surface area contributed by atoms with Crippen LogP contribution in [0.4, 0.5) is 0 Å². The van der Waals surface area contributed by atoms with Crippen LogP contribution in [-0.2, 0) is 11.3 Å². The summed E-state index contributed by atoms with van der Waals surface area (Å²) in [4.78, 5) is 15.4. The predicted octanol–water partition coefficient (Wildman–Crippen LogP) is -0.256. The number of aliphatic hydroxyl groups is 2. The van der Waals surface area contributed by atoms with Crippen LogP contribution in [0.2, 0.25) is 0 Å². The second-order valence-electron chi connectivity index (χ2n) is 4.71. The molecule has 1 amide bonds. The fraction of sp³-hybridized carbons (Fsp3) is 0.583. The molecule has 2 heterocycles. The Morgan fingerprint density at radius 1 is 1.50 bits per heavy atom. The first-order chi connectivity index (χ1) is 8.56. The van der Waals surface area contributed by atoms with Gasteiger partial charge in [0.25, 0.3) is 0 Å². The molecule has 1 aliphatic rings. The number of carbonyl (C=O) groups is 1. The summed E-state index contributed by atoms with van der Waals surface area (Å²) >= 11 is 1.61. The van der Waals surface area contributed by atoms with Gasteiger partial charge in [0.15, 0.2) is 0 Å². The molecule has 0 spiro atoms. The highest BCUT2D eigenvalue weighted by molar-refractivity contribution is 7.07. The van der Waals surface area contributed by atoms with Crippen LogP contribution in [0.25, 0.3) is 0 Å². The van der Waals surface area contributed by atoms with E-state index >= 15 is 0 Å². The lowest BCUT2D eigenvalue weighted by Crippen LogP contribution is -2.37. The smallest absolute Gasteiger partial charge is 0.236 e. The molecule has 2 rings (SSSR count). The van der Waals surface area contributed by atoms with Crippen LogP contribution in [0.3, 0.4) is 0 Å². The molecule has 5 nitrogen and oxygen atoms in total. The maximum Gasteiger partial charge on any atom is 0.236 e. The Morgan fingerprint density at radius 2 is 2.17 bits per heavy atom. The first-order valence-corrected chi connectivity index (χ1v) is 6.84. The molecule has 0 bridgehead atoms. The van der Waals surface area contributed by atoms with E-state index in [1.54, 1.807) is 28.2 Å². The summed E-state index contributed by atoms with van der Waals surface area (Å²) in [5.74, 6) is 0.00231. The number of amides is 1. The van der Waals surface area contributed by atoms with Crippen molar-refractivity contribution >= 4 is 17.2 Å². The van der Waals surface area contributed by atoms with Crippen molar-refractivity contribution in [1.29, 1.82) is 0 Å². The largest absolute Gasteiger partial charge is 0.389 e. The molecule has 1 fully saturated rings. The highest BCUT2D eigenvalue weighted by atomic mass is 32.1. The lowest BCUT2D eigenvalue weighted by Gasteiger charge is -2.20. The molecule has 2 N–H and O–H groups in total. The maximum absolute atomic E-state index is 12.0. The molecule has 2 atom stereocenters. The number of nitrogens with zero attached hydrogens (tertiary/aromatic N) is 2. The minimum atomic E-state index is -0.736. The summed E-state index contributed by atoms with van der Waals surface area (Å²) in [5, 5.41) is 22.8. The number of hydrogen-bond acceptors (Lipinski definition) is 5. The molecule has 6 heteroatoms. The minimum Gasteiger partial charge on any atom is -0.389 e. The zero-order valence-corrected chi connectivity index (χ0v) is 11.1. The van der Waals surface area contributed by atoms with Crippen LogP contribution in [0.1, 0.15) is 5.56 Å². The van der Waals surface area contributed by atoms with Gasteiger partial charge in [-0.25, -0.2) is 0 Å². The average molecular weight is 270 g/mol. The molecule has 0 aromatic carbocycles. The van der Waals surface area contributed by atoms with Gasteiger partial charge >= 0.3 is 0 Å². The van der Waals surface area contributed by atoms with Crippen molar-refractivity contribution in [2.24, 2.45) is 0 Å². The van der Waals surface area contributed by atoms with Gasteiger partial charge in [-0.1, -0.05) is 0 Å². The SMILES string of the molecule is CN(Cc1ccsc1)C(=O)CN1CC(O)C(O)C1. The van der Waals surface area contributed by atoms with Crippen LogP contribution in [0.5, 0.6) is 0 Å². The van der Waals surface area contributed by atoms with Crippen molar-refractivity contribution in [3.8, 4) is 0 Å². The van der Waals surface area contributed by atoms with E-state index < -0.39 is 12.2 Å². The quantitative estimate of drug-likeness (QED) is 0.791. The van der Waals surface area contributed by atoms with E-state index in [1.807, 2.05) is 16.8 Å². The first kappa shape index (κ1) is 13.5. The molecule has 0 radical (unpaired) electrons. The van der Waals surface area contributed by atoms with E-state index in [-0.39, 0.29) is 12.5 Å². The van der Waals surface area contributed by atoms with E-state index in [4.69, 9.17) is 0 Å². The molecule has 2 unspecified atom stereocenters. The van der Waals surface area contributed by atoms with Gasteiger partial charge in [0.05, 0.1) is 18.8 Å². The number of carbonyl (C=O) groups excluding carboxylic acids is 1. The van der Waals surface area contributed by atoms with E-state index in [2.05, 4.69) is 0 Å². The van der Waals surface area contributed by atoms with Crippen molar-refractivity contribution in [3.63, 3.8) is 0 Å². The summed E-state index contributed by atoms with van der Waals surface area (Å²) in [6.07, 6.45) is -1.47. The summed E-state index contributed by atoms with van der Waals surface area (Å²) in [6, 6.07) is 2.00. The third-order valence-electron chi connectivity index (χ3n) is 3.12. The predicted molar refractivity (Wildman–Crippen MR) is 69.2 cm³/mol. The number of hydrogen-bond donors (Lipinski definition) is 2. The second kappa shape index (κ2) is 5.79. The fourth-order valence-corrected chi connectivity index (χ4v) is 2.69. The Morgan fingerprint density at radius 3 is 2.72 bits per heavy atom. The fourth-order valence-electron chi connectivity index (χ4n) is 2.03. The molecule has 1 aliphatic heterocycles. The monoisotopic (exact) mass is 270 g/mol. The van der Waals surface area contributed by atoms with Gasteiger partial charge < -0.3 is 15.1 Å². The molecular formula is C12H18N2O3S. The van der Waals surface area contributed by atoms with Gasteiger partial charge in [-0.15, -0.1) is 0 Å². The third kappa shape index (κ3) is 3.29. The van der Waals surface area contributed by atoms with Gasteiger partial charge in [-0.05, 0) is 22.4 Å². The highest BCUT2D eigenvalue weighted by Crippen LogP contribution is 2.11. The van der Waals surface area contributed by atoms with Gasteiger partial charge in [-0.3, -0.25) is 9.69 Å². The summed E-state index contributed by atoms with van der Waals surface area (Å²) in [5.41, 5.74) is 1.12. The van der Waals surface area contributed by atoms with Crippen molar-refractivity contribution in [1.82, 2.24) is 9.80 Å². The zero-order valence-electron chi connectivity index (χ0n) is 10.3. The summed E-state index contributed by atoms with van der Waals surface area (Å²) in [7, 11) is 1.77. The van der Waals surface area contributed by atoms with Gasteiger partial charge in [-0.2, -0.15) is 11.3 Å². The maximum atomic E-state index is 12.0. The molecule has 1 saturated heterocycles. The number of likely N-dealkylation sites (N-methyl/N-ethyl adjacent to an activating group) is 1. The Hall–Kier alpha value is -0.950. The molecular weight excluding hydrogens is 252 g/mol. The lowest BCUT2D eigenvalue weighted by molar-refractivity contribution is -0.131. The Balaban J connectivity index is 1.81. The Bertz CT molecular complexity index is 386. The van der Waals surface area contributed by atoms with Crippen molar-refractivity contribution in [2.45, 2.75) is 18.8 Å². The summed E-state index contributed by atoms with van der Waals surface area (Å²) in [6.45, 7) is 1.56. The Kier molecular flexibility index (Phi) is 4.34. The average Bonchev–Trinajstić information content (AvgIpc) is 2.90. The van der Waals surface area contributed by atoms with E-state index in [1.165, 1.54) is 0 Å². The minimum absolute atomic E-state index is 0.00231. The van der Waals surface area contributed by atoms with Crippen molar-refractivity contribution < 1.29 is 15.0 Å². The number of thiophene rings is 1. The second-order valence-corrected chi connectivity index (χ2v) is 5.49. The zero-order chi connectivity index (χ0) is 13.1. The van der Waals surface area contributed by atoms with Crippen LogP contribution in [0.15, 0.2) is 16.8 Å². The molecule has 18 heavy (non-hydrogen) atoms. The highest BCUT2D eigenvalue weighted by Gasteiger charge is 2.30. The normalized spacial score (nSPS) is 24.4. The first-order valence-electron chi connectivity index (χ1n) is 5.90. The Labute approximate surface area is 110 Å². The molecule has 1 aromatic heterocycles. The number of likely N-dealkylation sites (tertiary alicyclic amines) is 1.